The lowest BCUT2D eigenvalue weighted by Gasteiger charge is -2.33. The highest BCUT2D eigenvalue weighted by molar-refractivity contribution is 9.12. The van der Waals surface area contributed by atoms with Crippen molar-refractivity contribution in [2.75, 3.05) is 0 Å². The van der Waals surface area contributed by atoms with E-state index >= 15 is 0 Å². The minimum Gasteiger partial charge on any atom is -0.435 e. The molecule has 0 aliphatic heterocycles. The van der Waals surface area contributed by atoms with Gasteiger partial charge < -0.3 is 9.64 Å². The number of halogens is 1. The average molecular weight is 376 g/mol. The zero-order valence-electron chi connectivity index (χ0n) is 15.3. The van der Waals surface area contributed by atoms with E-state index in [-0.39, 0.29) is 23.3 Å². The van der Waals surface area contributed by atoms with Crippen LogP contribution in [-0.4, -0.2) is 34.5 Å². The summed E-state index contributed by atoms with van der Waals surface area (Å²) in [5, 5.41) is 0. The molecule has 0 rings (SSSR count). The lowest BCUT2D eigenvalue weighted by atomic mass is 9.93. The van der Waals surface area contributed by atoms with E-state index in [0.717, 1.165) is 0 Å². The lowest BCUT2D eigenvalue weighted by Crippen LogP contribution is -2.47. The second kappa shape index (κ2) is 7.62. The van der Waals surface area contributed by atoms with Crippen LogP contribution < -0.4 is 0 Å². The highest BCUT2D eigenvalue weighted by Gasteiger charge is 2.36. The van der Waals surface area contributed by atoms with Crippen LogP contribution in [-0.2, 0) is 9.53 Å². The van der Waals surface area contributed by atoms with E-state index in [9.17, 15) is 9.59 Å². The highest BCUT2D eigenvalue weighted by Crippen LogP contribution is 2.27. The Morgan fingerprint density at radius 2 is 1.41 bits per heavy atom. The Hall–Kier alpha value is -0.840. The summed E-state index contributed by atoms with van der Waals surface area (Å²) >= 11 is 3.31. The maximum Gasteiger partial charge on any atom is 0.411 e. The second-order valence-corrected chi connectivity index (χ2v) is 8.51. The summed E-state index contributed by atoms with van der Waals surface area (Å²) in [5.74, 6) is -0.247. The van der Waals surface area contributed by atoms with Gasteiger partial charge in [0, 0.05) is 12.1 Å². The summed E-state index contributed by atoms with van der Waals surface area (Å²) in [4.78, 5) is 26.5. The molecule has 0 atom stereocenters. The van der Waals surface area contributed by atoms with Gasteiger partial charge in [0.05, 0.1) is 4.48 Å². The first-order valence-electron chi connectivity index (χ1n) is 7.63. The second-order valence-electron chi connectivity index (χ2n) is 7.66. The molecule has 0 aromatic carbocycles. The number of hydrogen-bond donors (Lipinski definition) is 0. The Kier molecular flexibility index (Phi) is 7.33. The SMILES string of the molecule is CC(C)N(C(=O)OC(C)(C)C(=O)/C(Br)=C/C(C)(C)C)C(C)C. The molecular formula is C17H30BrNO3. The van der Waals surface area contributed by atoms with Crippen LogP contribution in [0.2, 0.25) is 0 Å². The molecule has 0 saturated heterocycles. The molecule has 4 nitrogen and oxygen atoms in total. The molecule has 0 heterocycles. The first-order chi connectivity index (χ1) is 9.69. The molecule has 0 aromatic heterocycles. The molecule has 0 N–H and O–H groups in total. The van der Waals surface area contributed by atoms with Crippen LogP contribution in [0.15, 0.2) is 10.6 Å². The van der Waals surface area contributed by atoms with E-state index in [1.54, 1.807) is 18.7 Å². The van der Waals surface area contributed by atoms with Crippen LogP contribution in [0.25, 0.3) is 0 Å². The number of ketones is 1. The van der Waals surface area contributed by atoms with Crippen LogP contribution in [0.3, 0.4) is 0 Å². The number of nitrogens with zero attached hydrogens (tertiary/aromatic N) is 1. The molecule has 5 heteroatoms. The number of allylic oxidation sites excluding steroid dienone is 1. The minimum absolute atomic E-state index is 0.00644. The van der Waals surface area contributed by atoms with Crippen molar-refractivity contribution < 1.29 is 14.3 Å². The molecule has 0 bridgehead atoms. The fourth-order valence-corrected chi connectivity index (χ4v) is 3.23. The molecule has 0 aliphatic carbocycles. The van der Waals surface area contributed by atoms with Gasteiger partial charge in [-0.1, -0.05) is 26.8 Å². The number of Topliss-reactive ketones (excluding diaryl/α,β-unsaturated/α-hetero) is 1. The van der Waals surface area contributed by atoms with Gasteiger partial charge in [-0.05, 0) is 62.9 Å². The zero-order chi connectivity index (χ0) is 17.9. The smallest absolute Gasteiger partial charge is 0.411 e. The zero-order valence-corrected chi connectivity index (χ0v) is 16.9. The van der Waals surface area contributed by atoms with E-state index < -0.39 is 11.7 Å². The standard InChI is InChI=1S/C17H30BrNO3/c1-11(2)19(12(3)4)15(21)22-17(8,9)14(20)13(18)10-16(5,6)7/h10-12H,1-9H3/b13-10-. The van der Waals surface area contributed by atoms with Crippen molar-refractivity contribution in [3.63, 3.8) is 0 Å². The van der Waals surface area contributed by atoms with Crippen molar-refractivity contribution in [2.24, 2.45) is 5.41 Å². The Morgan fingerprint density at radius 1 is 1.00 bits per heavy atom. The number of hydrogen-bond acceptors (Lipinski definition) is 3. The Morgan fingerprint density at radius 3 is 1.73 bits per heavy atom. The normalized spacial score (nSPS) is 13.5. The highest BCUT2D eigenvalue weighted by atomic mass is 79.9. The maximum atomic E-state index is 12.5. The number of ether oxygens (including phenoxy) is 1. The average Bonchev–Trinajstić information content (AvgIpc) is 2.23. The van der Waals surface area contributed by atoms with Gasteiger partial charge in [0.25, 0.3) is 0 Å². The summed E-state index contributed by atoms with van der Waals surface area (Å²) in [5.41, 5.74) is -1.36. The topological polar surface area (TPSA) is 46.6 Å². The molecule has 0 saturated carbocycles. The van der Waals surface area contributed by atoms with E-state index in [2.05, 4.69) is 15.9 Å². The molecule has 0 fully saturated rings. The number of carbonyl (C=O) groups excluding carboxylic acids is 2. The lowest BCUT2D eigenvalue weighted by molar-refractivity contribution is -0.131. The Balaban J connectivity index is 5.22. The first kappa shape index (κ1) is 21.2. The minimum atomic E-state index is -1.22. The molecule has 1 amide bonds. The summed E-state index contributed by atoms with van der Waals surface area (Å²) in [6, 6.07) is 0.0129. The van der Waals surface area contributed by atoms with Gasteiger partial charge in [0.15, 0.2) is 5.60 Å². The first-order valence-corrected chi connectivity index (χ1v) is 8.43. The van der Waals surface area contributed by atoms with Crippen molar-refractivity contribution in [2.45, 2.75) is 80.0 Å². The van der Waals surface area contributed by atoms with Gasteiger partial charge in [0.1, 0.15) is 0 Å². The van der Waals surface area contributed by atoms with E-state index in [4.69, 9.17) is 4.74 Å². The third kappa shape index (κ3) is 6.51. The predicted octanol–water partition coefficient (Wildman–Crippen LogP) is 4.91. The van der Waals surface area contributed by atoms with Gasteiger partial charge in [-0.25, -0.2) is 4.79 Å². The number of rotatable bonds is 5. The predicted molar refractivity (Wildman–Crippen MR) is 94.1 cm³/mol. The molecule has 0 unspecified atom stereocenters. The molecule has 22 heavy (non-hydrogen) atoms. The van der Waals surface area contributed by atoms with Crippen molar-refractivity contribution in [1.82, 2.24) is 4.90 Å². The molecule has 0 aromatic rings. The van der Waals surface area contributed by atoms with Gasteiger partial charge in [-0.15, -0.1) is 0 Å². The third-order valence-corrected chi connectivity index (χ3v) is 3.58. The van der Waals surface area contributed by atoms with Gasteiger partial charge >= 0.3 is 6.09 Å². The van der Waals surface area contributed by atoms with Gasteiger partial charge in [-0.2, -0.15) is 0 Å². The Labute approximate surface area is 143 Å². The molecule has 0 aliphatic rings. The molecule has 128 valence electrons. The third-order valence-electron chi connectivity index (χ3n) is 2.99. The van der Waals surface area contributed by atoms with Crippen LogP contribution in [0.1, 0.15) is 62.3 Å². The van der Waals surface area contributed by atoms with Gasteiger partial charge in [-0.3, -0.25) is 4.79 Å². The summed E-state index contributed by atoms with van der Waals surface area (Å²) < 4.78 is 5.92. The van der Waals surface area contributed by atoms with E-state index in [1.807, 2.05) is 54.5 Å². The van der Waals surface area contributed by atoms with Crippen molar-refractivity contribution in [1.29, 1.82) is 0 Å². The van der Waals surface area contributed by atoms with Gasteiger partial charge in [0.2, 0.25) is 5.78 Å². The monoisotopic (exact) mass is 375 g/mol. The number of carbonyl (C=O) groups is 2. The summed E-state index contributed by atoms with van der Waals surface area (Å²) in [6.45, 7) is 16.9. The fraction of sp³-hybridized carbons (Fsp3) is 0.765. The van der Waals surface area contributed by atoms with Crippen molar-refractivity contribution in [3.05, 3.63) is 10.6 Å². The van der Waals surface area contributed by atoms with Crippen LogP contribution >= 0.6 is 15.9 Å². The van der Waals surface area contributed by atoms with Crippen molar-refractivity contribution >= 4 is 27.8 Å². The molecular weight excluding hydrogens is 346 g/mol. The summed E-state index contributed by atoms with van der Waals surface area (Å²) in [7, 11) is 0. The van der Waals surface area contributed by atoms with Crippen LogP contribution in [0, 0.1) is 5.41 Å². The molecule has 0 radical (unpaired) electrons. The van der Waals surface area contributed by atoms with Crippen LogP contribution in [0.4, 0.5) is 4.79 Å². The van der Waals surface area contributed by atoms with Crippen LogP contribution in [0.5, 0.6) is 0 Å². The number of amides is 1. The largest absolute Gasteiger partial charge is 0.435 e. The quantitative estimate of drug-likeness (QED) is 0.640. The maximum absolute atomic E-state index is 12.5. The van der Waals surface area contributed by atoms with Crippen molar-refractivity contribution in [3.8, 4) is 0 Å². The fourth-order valence-electron chi connectivity index (χ4n) is 2.07. The van der Waals surface area contributed by atoms with E-state index in [1.165, 1.54) is 0 Å². The molecule has 0 spiro atoms. The Bertz CT molecular complexity index is 437. The summed E-state index contributed by atoms with van der Waals surface area (Å²) in [6.07, 6.45) is 1.35. The van der Waals surface area contributed by atoms with E-state index in [0.29, 0.717) is 4.48 Å².